The number of fused-ring (bicyclic) bond motifs is 3. The van der Waals surface area contributed by atoms with E-state index in [1.807, 2.05) is 0 Å². The number of rotatable bonds is 3. The van der Waals surface area contributed by atoms with Crippen molar-refractivity contribution in [2.45, 2.75) is 26.2 Å². The lowest BCUT2D eigenvalue weighted by Gasteiger charge is -2.01. The predicted octanol–water partition coefficient (Wildman–Crippen LogP) is 4.83. The predicted molar refractivity (Wildman–Crippen MR) is 79.4 cm³/mol. The fourth-order valence-electron chi connectivity index (χ4n) is 2.51. The molecule has 2 aromatic carbocycles. The molecule has 2 heteroatoms. The fraction of sp³-hybridized carbons (Fsp3) is 0.250. The van der Waals surface area contributed by atoms with Gasteiger partial charge < -0.3 is 11.1 Å². The van der Waals surface area contributed by atoms with Crippen LogP contribution in [0.15, 0.2) is 42.5 Å². The van der Waals surface area contributed by atoms with E-state index in [9.17, 15) is 0 Å². The van der Waals surface area contributed by atoms with Gasteiger partial charge in [0.15, 0.2) is 0 Å². The van der Waals surface area contributed by atoms with E-state index in [1.165, 1.54) is 46.6 Å². The first-order chi connectivity index (χ1) is 8.40. The average Bonchev–Trinajstić information content (AvgIpc) is 2.75. The van der Waals surface area contributed by atoms with E-state index in [0.717, 1.165) is 0 Å². The first-order valence-corrected chi connectivity index (χ1v) is 6.38. The van der Waals surface area contributed by atoms with Crippen molar-refractivity contribution in [2.24, 2.45) is 0 Å². The van der Waals surface area contributed by atoms with Gasteiger partial charge in [-0.3, -0.25) is 0 Å². The first-order valence-electron chi connectivity index (χ1n) is 6.38. The van der Waals surface area contributed by atoms with Crippen molar-refractivity contribution in [3.05, 3.63) is 48.0 Å². The summed E-state index contributed by atoms with van der Waals surface area (Å²) in [5.41, 5.74) is 4.01. The summed E-state index contributed by atoms with van der Waals surface area (Å²) in [5, 5.41) is 2.69. The highest BCUT2D eigenvalue weighted by Gasteiger charge is 2.06. The topological polar surface area (TPSA) is 50.8 Å². The third kappa shape index (κ3) is 2.00. The average molecular weight is 240 g/mol. The molecule has 18 heavy (non-hydrogen) atoms. The van der Waals surface area contributed by atoms with E-state index in [4.69, 9.17) is 0 Å². The molecule has 0 aliphatic carbocycles. The van der Waals surface area contributed by atoms with Crippen LogP contribution in [0.5, 0.6) is 0 Å². The lowest BCUT2D eigenvalue weighted by Crippen LogP contribution is -1.86. The first kappa shape index (κ1) is 12.7. The molecule has 0 spiro atoms. The molecule has 0 bridgehead atoms. The molecular weight excluding hydrogens is 220 g/mol. The maximum Gasteiger partial charge on any atom is 0.0497 e. The van der Waals surface area contributed by atoms with Crippen LogP contribution in [-0.2, 0) is 6.42 Å². The third-order valence-electron chi connectivity index (χ3n) is 3.43. The Hall–Kier alpha value is -1.80. The zero-order chi connectivity index (χ0) is 11.7. The Balaban J connectivity index is 0.00000120. The van der Waals surface area contributed by atoms with Crippen molar-refractivity contribution >= 4 is 21.8 Å². The molecule has 0 fully saturated rings. The summed E-state index contributed by atoms with van der Waals surface area (Å²) in [5.74, 6) is 0. The molecule has 0 aliphatic rings. The molecule has 0 radical (unpaired) electrons. The highest BCUT2D eigenvalue weighted by molar-refractivity contribution is 6.08. The van der Waals surface area contributed by atoms with E-state index in [-0.39, 0.29) is 6.15 Å². The molecule has 0 amide bonds. The van der Waals surface area contributed by atoms with Crippen LogP contribution in [0, 0.1) is 0 Å². The Morgan fingerprint density at radius 3 is 2.56 bits per heavy atom. The van der Waals surface area contributed by atoms with Gasteiger partial charge in [0.2, 0.25) is 0 Å². The van der Waals surface area contributed by atoms with Gasteiger partial charge in [0.1, 0.15) is 0 Å². The van der Waals surface area contributed by atoms with E-state index in [1.54, 1.807) is 0 Å². The molecular formula is C16H20N2. The number of hydrogen-bond acceptors (Lipinski definition) is 1. The second-order valence-electron chi connectivity index (χ2n) is 4.61. The molecule has 94 valence electrons. The lowest BCUT2D eigenvalue weighted by molar-refractivity contribution is 0.798. The quantitative estimate of drug-likeness (QED) is 0.677. The maximum absolute atomic E-state index is 3.56. The molecule has 3 rings (SSSR count). The third-order valence-corrected chi connectivity index (χ3v) is 3.43. The van der Waals surface area contributed by atoms with Gasteiger partial charge in [-0.05, 0) is 24.5 Å². The smallest absolute Gasteiger partial charge is 0.0497 e. The Morgan fingerprint density at radius 2 is 1.72 bits per heavy atom. The van der Waals surface area contributed by atoms with Gasteiger partial charge in [-0.2, -0.15) is 0 Å². The lowest BCUT2D eigenvalue weighted by atomic mass is 10.0. The Bertz CT molecular complexity index is 652. The van der Waals surface area contributed by atoms with Gasteiger partial charge in [0.05, 0.1) is 0 Å². The van der Waals surface area contributed by atoms with Crippen LogP contribution >= 0.6 is 0 Å². The number of nitrogens with one attached hydrogen (secondary N) is 1. The summed E-state index contributed by atoms with van der Waals surface area (Å²) in [6, 6.07) is 15.2. The van der Waals surface area contributed by atoms with Crippen molar-refractivity contribution in [3.8, 4) is 0 Å². The number of aromatic amines is 1. The van der Waals surface area contributed by atoms with Crippen LogP contribution < -0.4 is 6.15 Å². The minimum atomic E-state index is 0. The van der Waals surface area contributed by atoms with Gasteiger partial charge in [-0.15, -0.1) is 0 Å². The molecule has 2 nitrogen and oxygen atoms in total. The normalized spacial score (nSPS) is 10.7. The van der Waals surface area contributed by atoms with Crippen molar-refractivity contribution in [1.29, 1.82) is 0 Å². The number of unbranched alkanes of at least 4 members (excludes halogenated alkanes) is 1. The number of hydrogen-bond donors (Lipinski definition) is 2. The standard InChI is InChI=1S/C16H17N.H3N/c1-2-3-7-12-8-6-10-14-13-9-4-5-11-15(13)17-16(12)14;/h4-6,8-11,17H,2-3,7H2,1H3;1H3. The van der Waals surface area contributed by atoms with Crippen LogP contribution in [-0.4, -0.2) is 4.98 Å². The van der Waals surface area contributed by atoms with Gasteiger partial charge in [0.25, 0.3) is 0 Å². The van der Waals surface area contributed by atoms with Gasteiger partial charge in [0, 0.05) is 21.8 Å². The summed E-state index contributed by atoms with van der Waals surface area (Å²) in [6.45, 7) is 2.24. The molecule has 3 aromatic rings. The zero-order valence-electron chi connectivity index (χ0n) is 10.9. The van der Waals surface area contributed by atoms with Gasteiger partial charge >= 0.3 is 0 Å². The van der Waals surface area contributed by atoms with E-state index >= 15 is 0 Å². The number of aryl methyl sites for hydroxylation is 1. The summed E-state index contributed by atoms with van der Waals surface area (Å²) in [4.78, 5) is 3.56. The monoisotopic (exact) mass is 240 g/mol. The number of aromatic nitrogens is 1. The molecule has 0 atom stereocenters. The van der Waals surface area contributed by atoms with Crippen LogP contribution in [0.25, 0.3) is 21.8 Å². The Labute approximate surface area is 108 Å². The molecule has 0 saturated carbocycles. The van der Waals surface area contributed by atoms with Crippen molar-refractivity contribution in [1.82, 2.24) is 11.1 Å². The summed E-state index contributed by atoms with van der Waals surface area (Å²) >= 11 is 0. The number of para-hydroxylation sites is 2. The summed E-state index contributed by atoms with van der Waals surface area (Å²) < 4.78 is 0. The summed E-state index contributed by atoms with van der Waals surface area (Å²) in [6.07, 6.45) is 3.67. The summed E-state index contributed by atoms with van der Waals surface area (Å²) in [7, 11) is 0. The number of benzene rings is 2. The van der Waals surface area contributed by atoms with Crippen LogP contribution in [0.4, 0.5) is 0 Å². The van der Waals surface area contributed by atoms with Crippen molar-refractivity contribution in [2.75, 3.05) is 0 Å². The van der Waals surface area contributed by atoms with E-state index < -0.39 is 0 Å². The molecule has 4 N–H and O–H groups in total. The number of H-pyrrole nitrogens is 1. The maximum atomic E-state index is 3.56. The van der Waals surface area contributed by atoms with Gasteiger partial charge in [-0.25, -0.2) is 0 Å². The van der Waals surface area contributed by atoms with E-state index in [2.05, 4.69) is 54.4 Å². The Kier molecular flexibility index (Phi) is 3.68. The van der Waals surface area contributed by atoms with Crippen LogP contribution in [0.3, 0.4) is 0 Å². The second kappa shape index (κ2) is 5.23. The van der Waals surface area contributed by atoms with Crippen LogP contribution in [0.2, 0.25) is 0 Å². The van der Waals surface area contributed by atoms with Gasteiger partial charge in [-0.1, -0.05) is 49.7 Å². The molecule has 0 unspecified atom stereocenters. The SMILES string of the molecule is CCCCc1cccc2c1[nH]c1ccccc12.N. The second-order valence-corrected chi connectivity index (χ2v) is 4.61. The van der Waals surface area contributed by atoms with Crippen molar-refractivity contribution in [3.63, 3.8) is 0 Å². The van der Waals surface area contributed by atoms with E-state index in [0.29, 0.717) is 0 Å². The van der Waals surface area contributed by atoms with Crippen LogP contribution in [0.1, 0.15) is 25.3 Å². The minimum absolute atomic E-state index is 0. The highest BCUT2D eigenvalue weighted by atomic mass is 14.7. The zero-order valence-corrected chi connectivity index (χ0v) is 10.9. The highest BCUT2D eigenvalue weighted by Crippen LogP contribution is 2.28. The largest absolute Gasteiger partial charge is 0.354 e. The molecule has 0 saturated heterocycles. The minimum Gasteiger partial charge on any atom is -0.354 e. The molecule has 1 aromatic heterocycles. The molecule has 0 aliphatic heterocycles. The van der Waals surface area contributed by atoms with Crippen molar-refractivity contribution < 1.29 is 0 Å². The molecule has 1 heterocycles. The fourth-order valence-corrected chi connectivity index (χ4v) is 2.51. The Morgan fingerprint density at radius 1 is 0.944 bits per heavy atom.